The van der Waals surface area contributed by atoms with Crippen LogP contribution in [0.25, 0.3) is 28.3 Å². The van der Waals surface area contributed by atoms with Crippen molar-refractivity contribution in [2.45, 2.75) is 0 Å². The van der Waals surface area contributed by atoms with Gasteiger partial charge in [-0.05, 0) is 18.2 Å². The molecular formula is C19H13N5O. The molecule has 0 fully saturated rings. The third-order valence-electron chi connectivity index (χ3n) is 4.42. The summed E-state index contributed by atoms with van der Waals surface area (Å²) in [4.78, 5) is 22.9. The van der Waals surface area contributed by atoms with Gasteiger partial charge in [-0.25, -0.2) is 14.8 Å². The van der Waals surface area contributed by atoms with Gasteiger partial charge in [-0.3, -0.25) is 9.30 Å². The lowest BCUT2D eigenvalue weighted by Gasteiger charge is -2.22. The number of amides is 2. The zero-order chi connectivity index (χ0) is 17.0. The lowest BCUT2D eigenvalue weighted by atomic mass is 10.1. The van der Waals surface area contributed by atoms with Crippen molar-refractivity contribution in [3.8, 4) is 22.5 Å². The molecule has 6 heteroatoms. The molecule has 0 unspecified atom stereocenters. The normalized spacial score (nSPS) is 12.2. The van der Waals surface area contributed by atoms with Crippen LogP contribution in [0.1, 0.15) is 0 Å². The number of hydrogen-bond donors (Lipinski definition) is 1. The molecule has 1 aliphatic rings. The number of rotatable bonds is 0. The summed E-state index contributed by atoms with van der Waals surface area (Å²) in [7, 11) is 0. The molecule has 0 saturated carbocycles. The third-order valence-corrected chi connectivity index (χ3v) is 4.42. The number of hydrogen-bond acceptors (Lipinski definition) is 3. The van der Waals surface area contributed by atoms with Gasteiger partial charge in [0.15, 0.2) is 0 Å². The molecule has 1 aliphatic heterocycles. The molecule has 2 aromatic heterocycles. The Morgan fingerprint density at radius 3 is 2.36 bits per heavy atom. The summed E-state index contributed by atoms with van der Waals surface area (Å²) in [6, 6.07) is 16.7. The SMILES string of the molecule is NC(=O)N1c2ccccc2-c2nc3ncccn3c2-c2ccccc21. The Bertz CT molecular complexity index is 1150. The van der Waals surface area contributed by atoms with E-state index in [1.54, 1.807) is 6.20 Å². The number of carbonyl (C=O) groups excluding carboxylic acids is 1. The van der Waals surface area contributed by atoms with E-state index in [9.17, 15) is 4.79 Å². The van der Waals surface area contributed by atoms with Gasteiger partial charge in [0.2, 0.25) is 5.78 Å². The molecule has 0 saturated heterocycles. The Labute approximate surface area is 143 Å². The molecule has 120 valence electrons. The number of anilines is 2. The molecule has 2 aromatic carbocycles. The Hall–Kier alpha value is -3.67. The fourth-order valence-corrected chi connectivity index (χ4v) is 3.44. The number of aromatic nitrogens is 3. The monoisotopic (exact) mass is 327 g/mol. The largest absolute Gasteiger partial charge is 0.351 e. The highest BCUT2D eigenvalue weighted by Crippen LogP contribution is 2.46. The van der Waals surface area contributed by atoms with E-state index in [-0.39, 0.29) is 0 Å². The van der Waals surface area contributed by atoms with Crippen LogP contribution in [-0.4, -0.2) is 20.4 Å². The summed E-state index contributed by atoms with van der Waals surface area (Å²) < 4.78 is 1.94. The van der Waals surface area contributed by atoms with Gasteiger partial charge < -0.3 is 5.73 Å². The minimum atomic E-state index is -0.530. The number of primary amides is 1. The fourth-order valence-electron chi connectivity index (χ4n) is 3.44. The second kappa shape index (κ2) is 4.91. The minimum absolute atomic E-state index is 0.530. The number of carbonyl (C=O) groups is 1. The lowest BCUT2D eigenvalue weighted by molar-refractivity contribution is 0.256. The van der Waals surface area contributed by atoms with E-state index in [4.69, 9.17) is 10.7 Å². The van der Waals surface area contributed by atoms with Gasteiger partial charge in [0.1, 0.15) is 5.69 Å². The van der Waals surface area contributed by atoms with Gasteiger partial charge in [0.05, 0.1) is 17.1 Å². The van der Waals surface area contributed by atoms with Crippen LogP contribution in [0, 0.1) is 0 Å². The molecule has 0 spiro atoms. The highest BCUT2D eigenvalue weighted by Gasteiger charge is 2.30. The molecule has 0 radical (unpaired) electrons. The van der Waals surface area contributed by atoms with E-state index in [1.807, 2.05) is 65.2 Å². The molecule has 2 N–H and O–H groups in total. The number of imidazole rings is 1. The maximum absolute atomic E-state index is 12.3. The van der Waals surface area contributed by atoms with Crippen molar-refractivity contribution in [3.63, 3.8) is 0 Å². The number of benzene rings is 2. The molecule has 2 amide bonds. The molecule has 25 heavy (non-hydrogen) atoms. The van der Waals surface area contributed by atoms with Crippen molar-refractivity contribution in [3.05, 3.63) is 67.0 Å². The van der Waals surface area contributed by atoms with Crippen molar-refractivity contribution in [2.75, 3.05) is 4.90 Å². The summed E-state index contributed by atoms with van der Waals surface area (Å²) in [6.07, 6.45) is 3.64. The summed E-state index contributed by atoms with van der Waals surface area (Å²) >= 11 is 0. The van der Waals surface area contributed by atoms with E-state index >= 15 is 0 Å². The zero-order valence-electron chi connectivity index (χ0n) is 13.1. The number of nitrogens with two attached hydrogens (primary N) is 1. The second-order valence-electron chi connectivity index (χ2n) is 5.81. The Balaban J connectivity index is 2.01. The Morgan fingerprint density at radius 2 is 1.60 bits per heavy atom. The number of urea groups is 1. The molecule has 5 rings (SSSR count). The van der Waals surface area contributed by atoms with Gasteiger partial charge in [0, 0.05) is 23.5 Å². The zero-order valence-corrected chi connectivity index (χ0v) is 13.1. The molecule has 6 nitrogen and oxygen atoms in total. The van der Waals surface area contributed by atoms with E-state index in [0.717, 1.165) is 28.2 Å². The molecule has 0 bridgehead atoms. The molecular weight excluding hydrogens is 314 g/mol. The quantitative estimate of drug-likeness (QED) is 0.536. The number of para-hydroxylation sites is 2. The van der Waals surface area contributed by atoms with Crippen LogP contribution in [0.3, 0.4) is 0 Å². The summed E-state index contributed by atoms with van der Waals surface area (Å²) in [5.41, 5.74) is 10.6. The first kappa shape index (κ1) is 13.7. The first-order valence-corrected chi connectivity index (χ1v) is 7.87. The van der Waals surface area contributed by atoms with Gasteiger partial charge in [-0.1, -0.05) is 36.4 Å². The average molecular weight is 327 g/mol. The van der Waals surface area contributed by atoms with Gasteiger partial charge >= 0.3 is 6.03 Å². The van der Waals surface area contributed by atoms with Crippen molar-refractivity contribution in [1.29, 1.82) is 0 Å². The predicted molar refractivity (Wildman–Crippen MR) is 95.6 cm³/mol. The summed E-state index contributed by atoms with van der Waals surface area (Å²) in [5, 5.41) is 0. The predicted octanol–water partition coefficient (Wildman–Crippen LogP) is 3.59. The molecule has 4 aromatic rings. The number of fused-ring (bicyclic) bond motifs is 7. The topological polar surface area (TPSA) is 76.5 Å². The van der Waals surface area contributed by atoms with Crippen LogP contribution in [0.4, 0.5) is 16.2 Å². The van der Waals surface area contributed by atoms with Gasteiger partial charge in [-0.15, -0.1) is 0 Å². The minimum Gasteiger partial charge on any atom is -0.351 e. The van der Waals surface area contributed by atoms with Crippen LogP contribution in [0.15, 0.2) is 67.0 Å². The standard InChI is InChI=1S/C19H13N5O/c20-18(25)24-14-8-3-1-6-12(14)16-17(13-7-2-4-9-15(13)24)23-11-5-10-21-19(23)22-16/h1-11H,(H2,20,25). The van der Waals surface area contributed by atoms with E-state index in [2.05, 4.69) is 4.98 Å². The Morgan fingerprint density at radius 1 is 0.920 bits per heavy atom. The van der Waals surface area contributed by atoms with Crippen LogP contribution >= 0.6 is 0 Å². The van der Waals surface area contributed by atoms with E-state index in [0.29, 0.717) is 11.5 Å². The van der Waals surface area contributed by atoms with Crippen molar-refractivity contribution < 1.29 is 4.79 Å². The van der Waals surface area contributed by atoms with Gasteiger partial charge in [-0.2, -0.15) is 0 Å². The van der Waals surface area contributed by atoms with Gasteiger partial charge in [0.25, 0.3) is 0 Å². The second-order valence-corrected chi connectivity index (χ2v) is 5.81. The first-order valence-electron chi connectivity index (χ1n) is 7.87. The molecule has 3 heterocycles. The fraction of sp³-hybridized carbons (Fsp3) is 0. The maximum Gasteiger partial charge on any atom is 0.323 e. The first-order chi connectivity index (χ1) is 12.3. The van der Waals surface area contributed by atoms with Crippen molar-refractivity contribution in [2.24, 2.45) is 5.73 Å². The highest BCUT2D eigenvalue weighted by atomic mass is 16.2. The highest BCUT2D eigenvalue weighted by molar-refractivity contribution is 6.09. The molecule has 0 aliphatic carbocycles. The maximum atomic E-state index is 12.3. The van der Waals surface area contributed by atoms with Crippen molar-refractivity contribution >= 4 is 23.2 Å². The van der Waals surface area contributed by atoms with E-state index in [1.165, 1.54) is 4.90 Å². The summed E-state index contributed by atoms with van der Waals surface area (Å²) in [6.45, 7) is 0. The smallest absolute Gasteiger partial charge is 0.323 e. The molecule has 0 atom stereocenters. The Kier molecular flexibility index (Phi) is 2.70. The van der Waals surface area contributed by atoms with Crippen molar-refractivity contribution in [1.82, 2.24) is 14.4 Å². The summed E-state index contributed by atoms with van der Waals surface area (Å²) in [5.74, 6) is 0.615. The van der Waals surface area contributed by atoms with Crippen LogP contribution in [0.2, 0.25) is 0 Å². The van der Waals surface area contributed by atoms with Crippen LogP contribution in [-0.2, 0) is 0 Å². The lowest BCUT2D eigenvalue weighted by Crippen LogP contribution is -2.31. The van der Waals surface area contributed by atoms with E-state index < -0.39 is 6.03 Å². The average Bonchev–Trinajstić information content (AvgIpc) is 2.96. The van der Waals surface area contributed by atoms with Crippen LogP contribution < -0.4 is 10.6 Å². The van der Waals surface area contributed by atoms with Crippen LogP contribution in [0.5, 0.6) is 0 Å². The third kappa shape index (κ3) is 1.82. The number of nitrogens with zero attached hydrogens (tertiary/aromatic N) is 4.